The van der Waals surface area contributed by atoms with Gasteiger partial charge in [0.15, 0.2) is 0 Å². The van der Waals surface area contributed by atoms with Crippen LogP contribution in [0.5, 0.6) is 0 Å². The first-order chi connectivity index (χ1) is 14.2. The molecule has 3 N–H and O–H groups in total. The summed E-state index contributed by atoms with van der Waals surface area (Å²) >= 11 is 5.92. The van der Waals surface area contributed by atoms with Crippen LogP contribution in [-0.4, -0.2) is 26.8 Å². The molecule has 0 aliphatic carbocycles. The second-order valence-electron chi connectivity index (χ2n) is 6.94. The third kappa shape index (κ3) is 7.68. The third-order valence-corrected chi connectivity index (χ3v) is 6.05. The fourth-order valence-corrected chi connectivity index (χ4v) is 4.32. The van der Waals surface area contributed by atoms with E-state index < -0.39 is 10.0 Å². The van der Waals surface area contributed by atoms with E-state index in [9.17, 15) is 18.0 Å². The van der Waals surface area contributed by atoms with Gasteiger partial charge in [-0.15, -0.1) is 0 Å². The molecule has 2 aromatic carbocycles. The normalized spacial score (nSPS) is 11.0. The van der Waals surface area contributed by atoms with Gasteiger partial charge in [-0.3, -0.25) is 14.3 Å². The summed E-state index contributed by atoms with van der Waals surface area (Å²) < 4.78 is 28.1. The molecule has 0 spiro atoms. The van der Waals surface area contributed by atoms with Crippen LogP contribution in [0.2, 0.25) is 5.02 Å². The third-order valence-electron chi connectivity index (χ3n) is 4.29. The molecule has 0 aromatic heterocycles. The van der Waals surface area contributed by atoms with Crippen LogP contribution in [0.25, 0.3) is 0 Å². The van der Waals surface area contributed by atoms with Gasteiger partial charge in [-0.25, -0.2) is 8.42 Å². The largest absolute Gasteiger partial charge is 0.356 e. The Balaban J connectivity index is 1.97. The van der Waals surface area contributed by atoms with Gasteiger partial charge in [0.25, 0.3) is 10.0 Å². The van der Waals surface area contributed by atoms with Crippen LogP contribution in [0.1, 0.15) is 38.2 Å². The van der Waals surface area contributed by atoms with Crippen LogP contribution >= 0.6 is 11.6 Å². The van der Waals surface area contributed by atoms with Gasteiger partial charge in [0.1, 0.15) is 0 Å². The van der Waals surface area contributed by atoms with Crippen molar-refractivity contribution in [2.24, 2.45) is 0 Å². The molecule has 0 saturated carbocycles. The molecule has 0 fully saturated rings. The summed E-state index contributed by atoms with van der Waals surface area (Å²) in [6.45, 7) is 3.75. The standard InChI is InChI=1S/C21H26ClN3O4S/c1-15-10-11-18(24-21(27)9-4-3-5-12-23-16(2)26)14-20(15)30(28,29)25-19-8-6-7-17(22)13-19/h6-8,10-11,13-14,25H,3-5,9,12H2,1-2H3,(H,23,26)(H,24,27). The average molecular weight is 452 g/mol. The average Bonchev–Trinajstić information content (AvgIpc) is 2.65. The lowest BCUT2D eigenvalue weighted by Gasteiger charge is -2.13. The summed E-state index contributed by atoms with van der Waals surface area (Å²) in [5.41, 5.74) is 1.33. The number of carbonyl (C=O) groups is 2. The highest BCUT2D eigenvalue weighted by molar-refractivity contribution is 7.92. The molecular formula is C21H26ClN3O4S. The van der Waals surface area contributed by atoms with E-state index in [1.807, 2.05) is 0 Å². The van der Waals surface area contributed by atoms with Crippen molar-refractivity contribution < 1.29 is 18.0 Å². The molecule has 0 unspecified atom stereocenters. The predicted molar refractivity (Wildman–Crippen MR) is 119 cm³/mol. The second kappa shape index (κ2) is 11.0. The van der Waals surface area contributed by atoms with Crippen molar-refractivity contribution in [2.45, 2.75) is 44.4 Å². The second-order valence-corrected chi connectivity index (χ2v) is 9.03. The predicted octanol–water partition coefficient (Wildman–Crippen LogP) is 4.08. The Labute approximate surface area is 182 Å². The number of unbranched alkanes of at least 4 members (excludes halogenated alkanes) is 2. The number of carbonyl (C=O) groups excluding carboxylic acids is 2. The van der Waals surface area contributed by atoms with Crippen LogP contribution in [0.15, 0.2) is 47.4 Å². The summed E-state index contributed by atoms with van der Waals surface area (Å²) in [5, 5.41) is 5.87. The Bertz CT molecular complexity index is 1010. The van der Waals surface area contributed by atoms with Crippen LogP contribution in [0.4, 0.5) is 11.4 Å². The first kappa shape index (κ1) is 23.7. The molecule has 162 valence electrons. The van der Waals surface area contributed by atoms with Crippen molar-refractivity contribution >= 4 is 44.8 Å². The van der Waals surface area contributed by atoms with Crippen LogP contribution in [0.3, 0.4) is 0 Å². The van der Waals surface area contributed by atoms with Gasteiger partial charge in [-0.05, 0) is 55.7 Å². The van der Waals surface area contributed by atoms with E-state index in [-0.39, 0.29) is 16.7 Å². The zero-order valence-electron chi connectivity index (χ0n) is 17.0. The van der Waals surface area contributed by atoms with Gasteiger partial charge in [0.05, 0.1) is 10.6 Å². The molecule has 0 aliphatic rings. The van der Waals surface area contributed by atoms with E-state index in [2.05, 4.69) is 15.4 Å². The number of halogens is 1. The zero-order valence-corrected chi connectivity index (χ0v) is 18.6. The topological polar surface area (TPSA) is 104 Å². The maximum absolute atomic E-state index is 12.8. The van der Waals surface area contributed by atoms with Gasteiger partial charge in [0, 0.05) is 30.6 Å². The van der Waals surface area contributed by atoms with Crippen molar-refractivity contribution in [2.75, 3.05) is 16.6 Å². The van der Waals surface area contributed by atoms with Crippen molar-refractivity contribution in [3.8, 4) is 0 Å². The van der Waals surface area contributed by atoms with E-state index in [4.69, 9.17) is 11.6 Å². The number of hydrogen-bond acceptors (Lipinski definition) is 4. The molecule has 2 aromatic rings. The molecule has 0 aliphatic heterocycles. The van der Waals surface area contributed by atoms with Crippen LogP contribution in [0, 0.1) is 6.92 Å². The van der Waals surface area contributed by atoms with Gasteiger partial charge in [-0.2, -0.15) is 0 Å². The van der Waals surface area contributed by atoms with Crippen molar-refractivity contribution in [3.05, 3.63) is 53.1 Å². The number of anilines is 2. The number of amides is 2. The minimum atomic E-state index is -3.85. The summed E-state index contributed by atoms with van der Waals surface area (Å²) in [6.07, 6.45) is 2.61. The van der Waals surface area contributed by atoms with E-state index in [1.165, 1.54) is 19.1 Å². The number of nitrogens with one attached hydrogen (secondary N) is 3. The Hall–Kier alpha value is -2.58. The Kier molecular flexibility index (Phi) is 8.68. The van der Waals surface area contributed by atoms with E-state index >= 15 is 0 Å². The molecular weight excluding hydrogens is 426 g/mol. The van der Waals surface area contributed by atoms with Crippen molar-refractivity contribution in [3.63, 3.8) is 0 Å². The number of benzene rings is 2. The number of aryl methyl sites for hydroxylation is 1. The van der Waals surface area contributed by atoms with Crippen molar-refractivity contribution in [1.82, 2.24) is 5.32 Å². The van der Waals surface area contributed by atoms with E-state index in [0.29, 0.717) is 41.3 Å². The highest BCUT2D eigenvalue weighted by Crippen LogP contribution is 2.24. The first-order valence-corrected chi connectivity index (χ1v) is 11.5. The fourth-order valence-electron chi connectivity index (χ4n) is 2.80. The van der Waals surface area contributed by atoms with Crippen LogP contribution < -0.4 is 15.4 Å². The SMILES string of the molecule is CC(=O)NCCCCCC(=O)Nc1ccc(C)c(S(=O)(=O)Nc2cccc(Cl)c2)c1. The summed E-state index contributed by atoms with van der Waals surface area (Å²) in [7, 11) is -3.85. The molecule has 0 bridgehead atoms. The lowest BCUT2D eigenvalue weighted by Crippen LogP contribution is -2.20. The Morgan fingerprint density at radius 2 is 1.77 bits per heavy atom. The molecule has 9 heteroatoms. The molecule has 30 heavy (non-hydrogen) atoms. The number of hydrogen-bond donors (Lipinski definition) is 3. The molecule has 2 rings (SSSR count). The highest BCUT2D eigenvalue weighted by Gasteiger charge is 2.18. The quantitative estimate of drug-likeness (QED) is 0.473. The molecule has 0 saturated heterocycles. The number of rotatable bonds is 10. The van der Waals surface area contributed by atoms with Gasteiger partial charge < -0.3 is 10.6 Å². The van der Waals surface area contributed by atoms with Crippen molar-refractivity contribution in [1.29, 1.82) is 0 Å². The maximum Gasteiger partial charge on any atom is 0.262 e. The Morgan fingerprint density at radius 3 is 2.47 bits per heavy atom. The summed E-state index contributed by atoms with van der Waals surface area (Å²) in [5.74, 6) is -0.257. The smallest absolute Gasteiger partial charge is 0.262 e. The lowest BCUT2D eigenvalue weighted by molar-refractivity contribution is -0.119. The molecule has 0 atom stereocenters. The summed E-state index contributed by atoms with van der Waals surface area (Å²) in [4.78, 5) is 23.0. The fraction of sp³-hybridized carbons (Fsp3) is 0.333. The lowest BCUT2D eigenvalue weighted by atomic mass is 10.1. The maximum atomic E-state index is 12.8. The van der Waals surface area contributed by atoms with Gasteiger partial charge >= 0.3 is 0 Å². The zero-order chi connectivity index (χ0) is 22.1. The molecule has 7 nitrogen and oxygen atoms in total. The van der Waals surface area contributed by atoms with Crippen LogP contribution in [-0.2, 0) is 19.6 Å². The van der Waals surface area contributed by atoms with Gasteiger partial charge in [0.2, 0.25) is 11.8 Å². The van der Waals surface area contributed by atoms with E-state index in [1.54, 1.807) is 37.3 Å². The molecule has 0 radical (unpaired) electrons. The summed E-state index contributed by atoms with van der Waals surface area (Å²) in [6, 6.07) is 11.2. The molecule has 2 amide bonds. The Morgan fingerprint density at radius 1 is 1.00 bits per heavy atom. The van der Waals surface area contributed by atoms with E-state index in [0.717, 1.165) is 12.8 Å². The highest BCUT2D eigenvalue weighted by atomic mass is 35.5. The monoisotopic (exact) mass is 451 g/mol. The minimum absolute atomic E-state index is 0.0669. The minimum Gasteiger partial charge on any atom is -0.356 e. The first-order valence-electron chi connectivity index (χ1n) is 9.61. The molecule has 0 heterocycles. The van der Waals surface area contributed by atoms with Gasteiger partial charge in [-0.1, -0.05) is 30.2 Å². The number of sulfonamides is 1.